The molecule has 83 heavy (non-hydrogen) atoms. The van der Waals surface area contributed by atoms with Gasteiger partial charge in [0.15, 0.2) is 11.4 Å². The zero-order chi connectivity index (χ0) is 55.7. The van der Waals surface area contributed by atoms with Gasteiger partial charge in [-0.15, -0.1) is 47.0 Å². The van der Waals surface area contributed by atoms with Gasteiger partial charge in [-0.3, -0.25) is 0 Å². The molecule has 1 aromatic heterocycles. The molecule has 3 nitrogen and oxygen atoms in total. The summed E-state index contributed by atoms with van der Waals surface area (Å²) in [5, 5.41) is 0. The van der Waals surface area contributed by atoms with Crippen molar-refractivity contribution < 1.29 is 20.1 Å². The summed E-state index contributed by atoms with van der Waals surface area (Å²) in [6, 6.07) is 117. The molecule has 13 aromatic rings. The molecule has 1 radical (unpaired) electrons. The number of hydrogen-bond acceptors (Lipinski definition) is 1. The van der Waals surface area contributed by atoms with Crippen molar-refractivity contribution in [1.82, 2.24) is 4.98 Å². The van der Waals surface area contributed by atoms with E-state index in [9.17, 15) is 0 Å². The molecule has 0 bridgehead atoms. The summed E-state index contributed by atoms with van der Waals surface area (Å²) in [4.78, 5) is 11.6. The maximum atomic E-state index is 6.57. The zero-order valence-corrected chi connectivity index (χ0v) is 47.6. The first-order valence-corrected chi connectivity index (χ1v) is 27.1. The van der Waals surface area contributed by atoms with Gasteiger partial charge in [0.1, 0.15) is 0 Å². The zero-order valence-electron chi connectivity index (χ0n) is 45.2. The van der Waals surface area contributed by atoms with Gasteiger partial charge in [-0.2, -0.15) is 60.7 Å². The Morgan fingerprint density at radius 3 is 1.13 bits per heavy atom. The fourth-order valence-electron chi connectivity index (χ4n) is 10.2. The van der Waals surface area contributed by atoms with Crippen LogP contribution in [0.15, 0.2) is 316 Å². The average Bonchev–Trinajstić information content (AvgIpc) is 3.19. The molecule has 0 aliphatic carbocycles. The average molecular weight is 1240 g/mol. The van der Waals surface area contributed by atoms with E-state index in [0.717, 1.165) is 106 Å². The van der Waals surface area contributed by atoms with Crippen molar-refractivity contribution in [3.63, 3.8) is 0 Å². The van der Waals surface area contributed by atoms with E-state index in [0.29, 0.717) is 11.4 Å². The van der Waals surface area contributed by atoms with Gasteiger partial charge in [0, 0.05) is 31.9 Å². The van der Waals surface area contributed by atoms with Crippen molar-refractivity contribution in [3.8, 4) is 111 Å². The molecule has 0 atom stereocenters. The minimum absolute atomic E-state index is 0. The van der Waals surface area contributed by atoms with Crippen LogP contribution in [-0.4, -0.2) is 4.98 Å². The molecule has 0 aliphatic heterocycles. The van der Waals surface area contributed by atoms with Gasteiger partial charge in [-0.1, -0.05) is 223 Å². The third-order valence-electron chi connectivity index (χ3n) is 14.1. The third-order valence-corrected chi connectivity index (χ3v) is 14.1. The fourth-order valence-corrected chi connectivity index (χ4v) is 10.2. The van der Waals surface area contributed by atoms with E-state index >= 15 is 0 Å². The van der Waals surface area contributed by atoms with Crippen LogP contribution in [0.2, 0.25) is 0 Å². The first-order valence-electron chi connectivity index (χ1n) is 27.1. The topological polar surface area (TPSA) is 21.6 Å². The normalized spacial score (nSPS) is 10.3. The Kier molecular flexibility index (Phi) is 18.5. The van der Waals surface area contributed by atoms with Crippen LogP contribution in [0.3, 0.4) is 0 Å². The predicted molar refractivity (Wildman–Crippen MR) is 341 cm³/mol. The van der Waals surface area contributed by atoms with Crippen molar-refractivity contribution in [2.45, 2.75) is 0 Å². The summed E-state index contributed by atoms with van der Waals surface area (Å²) in [6.45, 7) is 13.1. The predicted octanol–water partition coefficient (Wildman–Crippen LogP) is 21.6. The summed E-state index contributed by atoms with van der Waals surface area (Å²) < 4.78 is 0. The Bertz CT molecular complexity index is 4160. The number of hydrogen-bond donors (Lipinski definition) is 0. The van der Waals surface area contributed by atoms with Gasteiger partial charge in [0.05, 0.1) is 13.1 Å². The second-order valence-electron chi connectivity index (χ2n) is 19.3. The van der Waals surface area contributed by atoms with Crippen molar-refractivity contribution in [3.05, 3.63) is 357 Å². The van der Waals surface area contributed by atoms with E-state index in [2.05, 4.69) is 252 Å². The summed E-state index contributed by atoms with van der Waals surface area (Å²) in [5.41, 5.74) is 23.6. The smallest absolute Gasteiger partial charge is 0.187 e. The largest absolute Gasteiger partial charge is 0.304 e. The van der Waals surface area contributed by atoms with Gasteiger partial charge in [-0.05, 0) is 102 Å². The Labute approximate surface area is 501 Å². The summed E-state index contributed by atoms with van der Waals surface area (Å²) in [5.74, 6) is 0. The summed E-state index contributed by atoms with van der Waals surface area (Å²) >= 11 is 0. The van der Waals surface area contributed by atoms with Crippen LogP contribution in [0, 0.1) is 31.3 Å². The Balaban J connectivity index is 0.000000392. The van der Waals surface area contributed by atoms with Crippen LogP contribution < -0.4 is 0 Å². The number of rotatable bonds is 10. The molecular formula is C79H52IrN3-3. The van der Waals surface area contributed by atoms with Crippen LogP contribution in [-0.2, 0) is 20.1 Å². The fraction of sp³-hybridized carbons (Fsp3) is 0. The van der Waals surface area contributed by atoms with E-state index in [1.54, 1.807) is 24.3 Å². The van der Waals surface area contributed by atoms with Gasteiger partial charge in [0.2, 0.25) is 0 Å². The first kappa shape index (κ1) is 55.7. The third kappa shape index (κ3) is 13.4. The Hall–Kier alpha value is -10.6. The summed E-state index contributed by atoms with van der Waals surface area (Å²) in [6.07, 6.45) is 2.07. The molecule has 0 amide bonds. The molecule has 12 aromatic carbocycles. The maximum Gasteiger partial charge on any atom is 0.187 e. The molecule has 0 unspecified atom stereocenters. The van der Waals surface area contributed by atoms with Crippen molar-refractivity contribution in [2.24, 2.45) is 0 Å². The minimum atomic E-state index is 0. The van der Waals surface area contributed by atoms with E-state index < -0.39 is 0 Å². The van der Waals surface area contributed by atoms with Gasteiger partial charge < -0.3 is 4.98 Å². The molecule has 0 saturated heterocycles. The van der Waals surface area contributed by atoms with Gasteiger partial charge >= 0.3 is 0 Å². The number of benzene rings is 12. The number of nitrogens with zero attached hydrogens (tertiary/aromatic N) is 3. The SMILES string of the molecule is [C-]#[N+]c1ccccc1.[C-]#[N+]c1ccccc1.[Ir].[c-]1cccc(-c2ccccc2-c2cc(-c3ccccc3-c3c[c-]ccc3)cc(-c3ccccc3-c3cnc(-c4[c-]cccc4)cc3-c3ccc(-c4ccccc4)cc3-c3ccccc3)c2)c1. The van der Waals surface area contributed by atoms with Crippen LogP contribution in [0.25, 0.3) is 121 Å². The molecule has 1 heterocycles. The second kappa shape index (κ2) is 27.5. The molecule has 0 N–H and O–H groups in total. The number of pyridine rings is 1. The second-order valence-corrected chi connectivity index (χ2v) is 19.3. The molecule has 0 aliphatic rings. The van der Waals surface area contributed by atoms with E-state index in [-0.39, 0.29) is 20.1 Å². The van der Waals surface area contributed by atoms with Crippen LogP contribution >= 0.6 is 0 Å². The quantitative estimate of drug-likeness (QED) is 0.125. The molecule has 0 fully saturated rings. The molecule has 13 rings (SSSR count). The molecule has 0 spiro atoms. The van der Waals surface area contributed by atoms with Crippen LogP contribution in [0.4, 0.5) is 11.4 Å². The standard InChI is InChI=1S/C65H42N.2C7H5N.Ir/c1-6-22-46(23-7-1)51-38-39-61(62(43-51)49-28-12-4-13-29-49)63-44-65(50-30-14-5-15-31-50)66-45-64(63)60-37-21-20-36-59(60)54-41-52(57-34-18-16-32-55(57)47-24-8-2-9-25-47)40-53(42-54)58-35-19-17-33-56(58)48-26-10-3-11-27-48;2*1-8-7-5-3-2-4-6-7;/h1-8,10,12-30,32-45H;2*2-6H;/q-3;;;. The number of aromatic nitrogens is 1. The summed E-state index contributed by atoms with van der Waals surface area (Å²) in [7, 11) is 0. The van der Waals surface area contributed by atoms with Crippen LogP contribution in [0.5, 0.6) is 0 Å². The maximum absolute atomic E-state index is 6.57. The number of para-hydroxylation sites is 2. The van der Waals surface area contributed by atoms with Crippen LogP contribution in [0.1, 0.15) is 0 Å². The van der Waals surface area contributed by atoms with Gasteiger partial charge in [-0.25, -0.2) is 9.69 Å². The Morgan fingerprint density at radius 1 is 0.277 bits per heavy atom. The van der Waals surface area contributed by atoms with Crippen molar-refractivity contribution >= 4 is 11.4 Å². The molecule has 395 valence electrons. The van der Waals surface area contributed by atoms with Gasteiger partial charge in [0.25, 0.3) is 0 Å². The Morgan fingerprint density at radius 2 is 0.687 bits per heavy atom. The molecule has 0 saturated carbocycles. The van der Waals surface area contributed by atoms with E-state index in [1.807, 2.05) is 66.7 Å². The van der Waals surface area contributed by atoms with Crippen molar-refractivity contribution in [2.75, 3.05) is 0 Å². The monoisotopic (exact) mass is 1240 g/mol. The van der Waals surface area contributed by atoms with E-state index in [4.69, 9.17) is 18.1 Å². The minimum Gasteiger partial charge on any atom is -0.304 e. The van der Waals surface area contributed by atoms with Crippen molar-refractivity contribution in [1.29, 1.82) is 0 Å². The molecule has 4 heteroatoms. The first-order chi connectivity index (χ1) is 40.6. The van der Waals surface area contributed by atoms with E-state index in [1.165, 1.54) is 5.56 Å². The molecular weight excluding hydrogens is 1180 g/mol.